The molecule has 1 aromatic rings. The van der Waals surface area contributed by atoms with Crippen LogP contribution in [-0.4, -0.2) is 20.2 Å². The van der Waals surface area contributed by atoms with Crippen molar-refractivity contribution in [3.05, 3.63) is 29.3 Å². The van der Waals surface area contributed by atoms with Crippen LogP contribution in [0.1, 0.15) is 24.5 Å². The summed E-state index contributed by atoms with van der Waals surface area (Å²) in [6, 6.07) is 2.92. The van der Waals surface area contributed by atoms with Crippen LogP contribution in [0.2, 0.25) is 0 Å². The number of hydrogen-bond donors (Lipinski definition) is 2. The third-order valence-corrected chi connectivity index (χ3v) is 4.88. The second-order valence-corrected chi connectivity index (χ2v) is 6.40. The van der Waals surface area contributed by atoms with Gasteiger partial charge in [0.2, 0.25) is 10.0 Å². The largest absolute Gasteiger partial charge is 0.416 e. The maximum atomic E-state index is 12.6. The highest BCUT2D eigenvalue weighted by atomic mass is 32.2. The summed E-state index contributed by atoms with van der Waals surface area (Å²) in [4.78, 5) is 0. The SMILES string of the molecule is CCC(CN)S(=O)(=O)Nc1cc(C(F)(F)F)ccc1C. The average Bonchev–Trinajstić information content (AvgIpc) is 2.31. The maximum Gasteiger partial charge on any atom is 0.416 e. The highest BCUT2D eigenvalue weighted by Gasteiger charge is 2.31. The number of halogens is 3. The highest BCUT2D eigenvalue weighted by Crippen LogP contribution is 2.32. The Hall–Kier alpha value is -1.28. The predicted octanol–water partition coefficient (Wildman–Crippen LogP) is 2.49. The fourth-order valence-electron chi connectivity index (χ4n) is 1.66. The minimum Gasteiger partial charge on any atom is -0.329 e. The lowest BCUT2D eigenvalue weighted by atomic mass is 10.1. The Bertz CT molecular complexity index is 567. The molecule has 0 spiro atoms. The first kappa shape index (κ1) is 16.8. The van der Waals surface area contributed by atoms with Crippen LogP contribution in [0.5, 0.6) is 0 Å². The minimum atomic E-state index is -4.52. The smallest absolute Gasteiger partial charge is 0.329 e. The molecule has 0 aliphatic rings. The number of nitrogens with one attached hydrogen (secondary N) is 1. The molecule has 0 amide bonds. The van der Waals surface area contributed by atoms with Gasteiger partial charge in [0.25, 0.3) is 0 Å². The van der Waals surface area contributed by atoms with Gasteiger partial charge in [0.05, 0.1) is 16.5 Å². The minimum absolute atomic E-state index is 0.0771. The fourth-order valence-corrected chi connectivity index (χ4v) is 3.04. The summed E-state index contributed by atoms with van der Waals surface area (Å²) in [7, 11) is -3.80. The number of sulfonamides is 1. The molecule has 20 heavy (non-hydrogen) atoms. The molecule has 0 fully saturated rings. The van der Waals surface area contributed by atoms with Crippen molar-refractivity contribution in [2.45, 2.75) is 31.7 Å². The van der Waals surface area contributed by atoms with Gasteiger partial charge in [-0.05, 0) is 31.0 Å². The molecule has 0 aliphatic heterocycles. The first-order valence-electron chi connectivity index (χ1n) is 6.01. The van der Waals surface area contributed by atoms with E-state index in [2.05, 4.69) is 4.72 Å². The van der Waals surface area contributed by atoms with Gasteiger partial charge in [0, 0.05) is 6.54 Å². The van der Waals surface area contributed by atoms with Crippen LogP contribution in [0.15, 0.2) is 18.2 Å². The number of aryl methyl sites for hydroxylation is 1. The van der Waals surface area contributed by atoms with Gasteiger partial charge in [-0.1, -0.05) is 13.0 Å². The van der Waals surface area contributed by atoms with Crippen LogP contribution in [0, 0.1) is 6.92 Å². The molecule has 0 radical (unpaired) electrons. The first-order valence-corrected chi connectivity index (χ1v) is 7.56. The number of alkyl halides is 3. The maximum absolute atomic E-state index is 12.6. The lowest BCUT2D eigenvalue weighted by Gasteiger charge is -2.18. The van der Waals surface area contributed by atoms with E-state index in [9.17, 15) is 21.6 Å². The molecule has 0 bridgehead atoms. The highest BCUT2D eigenvalue weighted by molar-refractivity contribution is 7.93. The van der Waals surface area contributed by atoms with E-state index in [1.807, 2.05) is 0 Å². The van der Waals surface area contributed by atoms with Gasteiger partial charge in [-0.15, -0.1) is 0 Å². The third-order valence-electron chi connectivity index (χ3n) is 2.97. The van der Waals surface area contributed by atoms with Crippen molar-refractivity contribution in [2.24, 2.45) is 5.73 Å². The van der Waals surface area contributed by atoms with E-state index in [4.69, 9.17) is 5.73 Å². The van der Waals surface area contributed by atoms with Crippen LogP contribution in [0.3, 0.4) is 0 Å². The van der Waals surface area contributed by atoms with Gasteiger partial charge in [-0.3, -0.25) is 4.72 Å². The molecule has 0 heterocycles. The summed E-state index contributed by atoms with van der Waals surface area (Å²) in [6.45, 7) is 3.08. The Morgan fingerprint density at radius 1 is 1.35 bits per heavy atom. The molecule has 0 aromatic heterocycles. The van der Waals surface area contributed by atoms with Crippen molar-refractivity contribution < 1.29 is 21.6 Å². The number of hydrogen-bond acceptors (Lipinski definition) is 3. The van der Waals surface area contributed by atoms with Crippen molar-refractivity contribution >= 4 is 15.7 Å². The molecule has 1 rings (SSSR count). The van der Waals surface area contributed by atoms with E-state index < -0.39 is 27.0 Å². The summed E-state index contributed by atoms with van der Waals surface area (Å²) in [6.07, 6.45) is -4.24. The quantitative estimate of drug-likeness (QED) is 0.877. The van der Waals surface area contributed by atoms with Crippen molar-refractivity contribution in [2.75, 3.05) is 11.3 Å². The molecule has 3 N–H and O–H groups in total. The predicted molar refractivity (Wildman–Crippen MR) is 71.9 cm³/mol. The Morgan fingerprint density at radius 3 is 2.40 bits per heavy atom. The Morgan fingerprint density at radius 2 is 1.95 bits per heavy atom. The van der Waals surface area contributed by atoms with E-state index in [0.29, 0.717) is 5.56 Å². The van der Waals surface area contributed by atoms with Crippen LogP contribution < -0.4 is 10.5 Å². The summed E-state index contributed by atoms with van der Waals surface area (Å²) in [5.41, 5.74) is 4.79. The van der Waals surface area contributed by atoms with Gasteiger partial charge >= 0.3 is 6.18 Å². The van der Waals surface area contributed by atoms with Crippen molar-refractivity contribution in [3.8, 4) is 0 Å². The number of benzene rings is 1. The van der Waals surface area contributed by atoms with Crippen molar-refractivity contribution in [1.29, 1.82) is 0 Å². The molecule has 0 aliphatic carbocycles. The normalized spacial score (nSPS) is 14.1. The zero-order chi connectivity index (χ0) is 15.6. The summed E-state index contributed by atoms with van der Waals surface area (Å²) >= 11 is 0. The topological polar surface area (TPSA) is 72.2 Å². The van der Waals surface area contributed by atoms with Crippen molar-refractivity contribution in [3.63, 3.8) is 0 Å². The van der Waals surface area contributed by atoms with Crippen LogP contribution in [0.25, 0.3) is 0 Å². The van der Waals surface area contributed by atoms with Crippen LogP contribution in [0.4, 0.5) is 18.9 Å². The van der Waals surface area contributed by atoms with Gasteiger partial charge in [0.1, 0.15) is 0 Å². The second-order valence-electron chi connectivity index (χ2n) is 4.44. The molecule has 1 unspecified atom stereocenters. The molecular formula is C12H17F3N2O2S. The monoisotopic (exact) mass is 310 g/mol. The summed E-state index contributed by atoms with van der Waals surface area (Å²) in [5, 5.41) is -0.837. The fraction of sp³-hybridized carbons (Fsp3) is 0.500. The van der Waals surface area contributed by atoms with E-state index >= 15 is 0 Å². The standard InChI is InChI=1S/C12H17F3N2O2S/c1-3-10(7-16)20(18,19)17-11-6-9(12(13,14)15)5-4-8(11)2/h4-6,10,17H,3,7,16H2,1-2H3. The summed E-state index contributed by atoms with van der Waals surface area (Å²) < 4.78 is 64.1. The molecular weight excluding hydrogens is 293 g/mol. The van der Waals surface area contributed by atoms with Gasteiger partial charge in [0.15, 0.2) is 0 Å². The average molecular weight is 310 g/mol. The van der Waals surface area contributed by atoms with E-state index in [-0.39, 0.29) is 18.7 Å². The third kappa shape index (κ3) is 3.86. The number of anilines is 1. The lowest BCUT2D eigenvalue weighted by Crippen LogP contribution is -2.34. The van der Waals surface area contributed by atoms with Gasteiger partial charge < -0.3 is 5.73 Å². The zero-order valence-corrected chi connectivity index (χ0v) is 12.0. The van der Waals surface area contributed by atoms with Crippen LogP contribution >= 0.6 is 0 Å². The Labute approximate surface area is 116 Å². The van der Waals surface area contributed by atoms with Gasteiger partial charge in [-0.2, -0.15) is 13.2 Å². The Balaban J connectivity index is 3.15. The first-order chi connectivity index (χ1) is 9.11. The van der Waals surface area contributed by atoms with E-state index in [1.54, 1.807) is 6.92 Å². The molecule has 0 saturated heterocycles. The molecule has 8 heteroatoms. The lowest BCUT2D eigenvalue weighted by molar-refractivity contribution is -0.137. The van der Waals surface area contributed by atoms with Crippen molar-refractivity contribution in [1.82, 2.24) is 0 Å². The molecule has 4 nitrogen and oxygen atoms in total. The number of nitrogens with two attached hydrogens (primary N) is 1. The summed E-state index contributed by atoms with van der Waals surface area (Å²) in [5.74, 6) is 0. The second kappa shape index (κ2) is 6.01. The number of rotatable bonds is 5. The zero-order valence-electron chi connectivity index (χ0n) is 11.2. The molecule has 114 valence electrons. The van der Waals surface area contributed by atoms with Crippen LogP contribution in [-0.2, 0) is 16.2 Å². The van der Waals surface area contributed by atoms with E-state index in [0.717, 1.165) is 12.1 Å². The molecule has 0 saturated carbocycles. The molecule has 1 atom stereocenters. The molecule has 1 aromatic carbocycles. The van der Waals surface area contributed by atoms with E-state index in [1.165, 1.54) is 13.0 Å². The van der Waals surface area contributed by atoms with Gasteiger partial charge in [-0.25, -0.2) is 8.42 Å². The Kier molecular flexibility index (Phi) is 5.04.